The van der Waals surface area contributed by atoms with Gasteiger partial charge in [-0.2, -0.15) is 0 Å². The molecule has 1 aliphatic carbocycles. The summed E-state index contributed by atoms with van der Waals surface area (Å²) in [6, 6.07) is 14.3. The molecule has 180 valence electrons. The van der Waals surface area contributed by atoms with Crippen molar-refractivity contribution in [3.8, 4) is 11.1 Å². The van der Waals surface area contributed by atoms with Crippen LogP contribution >= 0.6 is 11.8 Å². The van der Waals surface area contributed by atoms with Gasteiger partial charge in [0.1, 0.15) is 18.7 Å². The number of carboxylic acid groups (broad SMARTS) is 1. The molecular weight excluding hydrogens is 454 g/mol. The highest BCUT2D eigenvalue weighted by atomic mass is 32.2. The molecule has 1 aliphatic heterocycles. The van der Waals surface area contributed by atoms with E-state index in [4.69, 9.17) is 4.74 Å². The van der Waals surface area contributed by atoms with Crippen molar-refractivity contribution in [2.45, 2.75) is 30.3 Å². The summed E-state index contributed by atoms with van der Waals surface area (Å²) in [5, 5.41) is 11.9. The van der Waals surface area contributed by atoms with Crippen LogP contribution in [0.4, 0.5) is 4.79 Å². The minimum absolute atomic E-state index is 0.0902. The molecule has 2 unspecified atom stereocenters. The van der Waals surface area contributed by atoms with Crippen molar-refractivity contribution in [3.05, 3.63) is 59.7 Å². The molecule has 2 aromatic rings. The molecule has 2 N–H and O–H groups in total. The van der Waals surface area contributed by atoms with Gasteiger partial charge in [-0.3, -0.25) is 4.79 Å². The number of carbonyl (C=O) groups is 3. The molecule has 2 amide bonds. The number of nitrogens with one attached hydrogen (secondary N) is 1. The Labute approximate surface area is 203 Å². The first-order chi connectivity index (χ1) is 16.3. The van der Waals surface area contributed by atoms with E-state index in [-0.39, 0.29) is 24.4 Å². The average Bonchev–Trinajstić information content (AvgIpc) is 3.34. The molecule has 0 bridgehead atoms. The summed E-state index contributed by atoms with van der Waals surface area (Å²) in [6.07, 6.45) is -0.701. The highest BCUT2D eigenvalue weighted by Crippen LogP contribution is 2.44. The first-order valence-electron chi connectivity index (χ1n) is 11.2. The van der Waals surface area contributed by atoms with Gasteiger partial charge in [-0.25, -0.2) is 9.59 Å². The first-order valence-corrected chi connectivity index (χ1v) is 12.3. The lowest BCUT2D eigenvalue weighted by Crippen LogP contribution is -2.56. The topological polar surface area (TPSA) is 99.2 Å². The lowest BCUT2D eigenvalue weighted by Gasteiger charge is -2.30. The molecule has 2 aromatic carbocycles. The van der Waals surface area contributed by atoms with Crippen molar-refractivity contribution in [3.63, 3.8) is 0 Å². The van der Waals surface area contributed by atoms with Crippen molar-refractivity contribution < 1.29 is 24.2 Å². The minimum Gasteiger partial charge on any atom is -0.480 e. The first kappa shape index (κ1) is 24.1. The van der Waals surface area contributed by atoms with Gasteiger partial charge in [0.25, 0.3) is 0 Å². The second kappa shape index (κ2) is 10.1. The number of fused-ring (bicyclic) bond motifs is 3. The Bertz CT molecular complexity index is 1050. The molecule has 1 heterocycles. The number of ether oxygens (including phenoxy) is 1. The largest absolute Gasteiger partial charge is 0.480 e. The molecule has 34 heavy (non-hydrogen) atoms. The third-order valence-electron chi connectivity index (χ3n) is 6.24. The number of amides is 2. The van der Waals surface area contributed by atoms with Gasteiger partial charge in [0.05, 0.1) is 5.37 Å². The summed E-state index contributed by atoms with van der Waals surface area (Å²) in [6.45, 7) is 2.16. The Hall–Kier alpha value is -3.04. The molecule has 1 fully saturated rings. The van der Waals surface area contributed by atoms with Crippen LogP contribution in [0, 0.1) is 0 Å². The van der Waals surface area contributed by atoms with Crippen LogP contribution in [0.3, 0.4) is 0 Å². The predicted octanol–water partition coefficient (Wildman–Crippen LogP) is 2.83. The zero-order valence-corrected chi connectivity index (χ0v) is 20.2. The van der Waals surface area contributed by atoms with Gasteiger partial charge in [0, 0.05) is 18.2 Å². The van der Waals surface area contributed by atoms with Crippen molar-refractivity contribution in [2.75, 3.05) is 33.0 Å². The highest BCUT2D eigenvalue weighted by Gasteiger charge is 2.42. The molecule has 2 aliphatic rings. The maximum absolute atomic E-state index is 13.3. The van der Waals surface area contributed by atoms with E-state index in [1.807, 2.05) is 36.4 Å². The molecule has 9 heteroatoms. The van der Waals surface area contributed by atoms with Gasteiger partial charge in [-0.1, -0.05) is 48.5 Å². The number of thioether (sulfide) groups is 1. The van der Waals surface area contributed by atoms with E-state index in [1.165, 1.54) is 16.7 Å². The number of hydrogen-bond acceptors (Lipinski definition) is 6. The lowest BCUT2D eigenvalue weighted by molar-refractivity contribution is -0.149. The minimum atomic E-state index is -1.05. The normalized spacial score (nSPS) is 20.1. The number of rotatable bonds is 7. The van der Waals surface area contributed by atoms with Gasteiger partial charge in [-0.05, 0) is 43.3 Å². The zero-order chi connectivity index (χ0) is 24.4. The third kappa shape index (κ3) is 4.76. The maximum Gasteiger partial charge on any atom is 0.407 e. The van der Waals surface area contributed by atoms with Crippen LogP contribution in [0.1, 0.15) is 24.0 Å². The van der Waals surface area contributed by atoms with Gasteiger partial charge in [0.2, 0.25) is 5.91 Å². The molecule has 0 saturated carbocycles. The van der Waals surface area contributed by atoms with E-state index >= 15 is 0 Å². The highest BCUT2D eigenvalue weighted by molar-refractivity contribution is 8.00. The van der Waals surface area contributed by atoms with Crippen LogP contribution in [0.25, 0.3) is 11.1 Å². The van der Waals surface area contributed by atoms with Crippen LogP contribution in [0.5, 0.6) is 0 Å². The van der Waals surface area contributed by atoms with Crippen LogP contribution < -0.4 is 5.32 Å². The van der Waals surface area contributed by atoms with Gasteiger partial charge >= 0.3 is 12.1 Å². The molecule has 0 aromatic heterocycles. The predicted molar refractivity (Wildman–Crippen MR) is 131 cm³/mol. The quantitative estimate of drug-likeness (QED) is 0.625. The number of aliphatic carboxylic acids is 1. The third-order valence-corrected chi connectivity index (χ3v) is 7.46. The molecule has 0 spiro atoms. The standard InChI is InChI=1S/C25H29N3O5S/c1-15-28(22(14-34-15)24(30)31)23(29)21(12-27(2)3)26-25(32)33-13-20-18-10-6-4-8-16(18)17-9-5-7-11-19(17)20/h4-11,15,20-22H,12-14H2,1-3H3,(H,26,32)(H,30,31)/t15?,21-,22?/m0/s1. The van der Waals surface area contributed by atoms with E-state index in [0.717, 1.165) is 22.3 Å². The maximum atomic E-state index is 13.3. The Morgan fingerprint density at radius 1 is 1.12 bits per heavy atom. The van der Waals surface area contributed by atoms with Crippen molar-refractivity contribution >= 4 is 29.7 Å². The zero-order valence-electron chi connectivity index (χ0n) is 19.4. The monoisotopic (exact) mass is 483 g/mol. The van der Waals surface area contributed by atoms with Crippen LogP contribution in [0.2, 0.25) is 0 Å². The average molecular weight is 484 g/mol. The summed E-state index contributed by atoms with van der Waals surface area (Å²) < 4.78 is 5.60. The molecule has 0 radical (unpaired) electrons. The van der Waals surface area contributed by atoms with E-state index < -0.39 is 30.1 Å². The fourth-order valence-corrected chi connectivity index (χ4v) is 5.86. The fraction of sp³-hybridized carbons (Fsp3) is 0.400. The van der Waals surface area contributed by atoms with Gasteiger partial charge in [0.15, 0.2) is 0 Å². The number of carboxylic acids is 1. The smallest absolute Gasteiger partial charge is 0.407 e. The van der Waals surface area contributed by atoms with E-state index in [2.05, 4.69) is 17.4 Å². The SMILES string of the molecule is CC1SCC(C(=O)O)N1C(=O)[C@H](CN(C)C)NC(=O)OCC1c2ccccc2-c2ccccc21. The number of hydrogen-bond donors (Lipinski definition) is 2. The van der Waals surface area contributed by atoms with Crippen molar-refractivity contribution in [1.29, 1.82) is 0 Å². The second-order valence-electron chi connectivity index (χ2n) is 8.82. The Morgan fingerprint density at radius 2 is 1.71 bits per heavy atom. The van der Waals surface area contributed by atoms with E-state index in [1.54, 1.807) is 25.9 Å². The number of benzene rings is 2. The molecule has 4 rings (SSSR count). The summed E-state index contributed by atoms with van der Waals surface area (Å²) >= 11 is 1.41. The summed E-state index contributed by atoms with van der Waals surface area (Å²) in [5.74, 6) is -1.24. The van der Waals surface area contributed by atoms with Crippen LogP contribution in [-0.4, -0.2) is 83.3 Å². The summed E-state index contributed by atoms with van der Waals surface area (Å²) in [4.78, 5) is 40.8. The lowest BCUT2D eigenvalue weighted by atomic mass is 9.98. The second-order valence-corrected chi connectivity index (χ2v) is 10.2. The molecule has 3 atom stereocenters. The van der Waals surface area contributed by atoms with Gasteiger partial charge < -0.3 is 25.0 Å². The Morgan fingerprint density at radius 3 is 2.26 bits per heavy atom. The summed E-state index contributed by atoms with van der Waals surface area (Å²) in [5.41, 5.74) is 4.47. The molecule has 8 nitrogen and oxygen atoms in total. The Kier molecular flexibility index (Phi) is 7.13. The molecule has 1 saturated heterocycles. The molecular formula is C25H29N3O5S. The number of nitrogens with zero attached hydrogens (tertiary/aromatic N) is 2. The van der Waals surface area contributed by atoms with Crippen LogP contribution in [0.15, 0.2) is 48.5 Å². The van der Waals surface area contributed by atoms with E-state index in [9.17, 15) is 19.5 Å². The fourth-order valence-electron chi connectivity index (χ4n) is 4.68. The van der Waals surface area contributed by atoms with Crippen LogP contribution in [-0.2, 0) is 14.3 Å². The van der Waals surface area contributed by atoms with Gasteiger partial charge in [-0.15, -0.1) is 11.8 Å². The summed E-state index contributed by atoms with van der Waals surface area (Å²) in [7, 11) is 3.58. The van der Waals surface area contributed by atoms with Crippen molar-refractivity contribution in [2.24, 2.45) is 0 Å². The number of likely N-dealkylation sites (N-methyl/N-ethyl adjacent to an activating group) is 1. The van der Waals surface area contributed by atoms with Crippen molar-refractivity contribution in [1.82, 2.24) is 15.1 Å². The van der Waals surface area contributed by atoms with E-state index in [0.29, 0.717) is 5.75 Å². The Balaban J connectivity index is 1.46. The number of carbonyl (C=O) groups excluding carboxylic acids is 2. The number of alkyl carbamates (subject to hydrolysis) is 1.